The Morgan fingerprint density at radius 3 is 2.45 bits per heavy atom. The number of nitrogens with zero attached hydrogens (tertiary/aromatic N) is 2. The lowest BCUT2D eigenvalue weighted by Gasteiger charge is -2.34. The van der Waals surface area contributed by atoms with Crippen LogP contribution in [-0.2, 0) is 9.53 Å². The molecule has 2 rings (SSSR count). The number of amides is 2. The summed E-state index contributed by atoms with van der Waals surface area (Å²) in [5, 5.41) is 3.47. The van der Waals surface area contributed by atoms with Crippen molar-refractivity contribution in [3.05, 3.63) is 0 Å². The Labute approximate surface area is 120 Å². The molecule has 1 atom stereocenters. The van der Waals surface area contributed by atoms with E-state index in [-0.39, 0.29) is 12.0 Å². The van der Waals surface area contributed by atoms with Crippen LogP contribution in [0.4, 0.5) is 4.79 Å². The monoisotopic (exact) mass is 283 g/mol. The first-order chi connectivity index (χ1) is 9.70. The van der Waals surface area contributed by atoms with Gasteiger partial charge in [-0.3, -0.25) is 4.79 Å². The van der Waals surface area contributed by atoms with Crippen LogP contribution in [0.3, 0.4) is 0 Å². The number of ether oxygens (including phenoxy) is 1. The fourth-order valence-electron chi connectivity index (χ4n) is 2.89. The van der Waals surface area contributed by atoms with Crippen LogP contribution in [0, 0.1) is 0 Å². The third-order valence-electron chi connectivity index (χ3n) is 4.18. The first-order valence-electron chi connectivity index (χ1n) is 7.55. The molecule has 2 fully saturated rings. The second-order valence-corrected chi connectivity index (χ2v) is 5.52. The van der Waals surface area contributed by atoms with E-state index in [1.54, 1.807) is 4.90 Å². The standard InChI is InChI=1S/C14H25N3O3/c1-20-14(19)17-10-8-16(9-11-17)13(18)6-5-12-4-2-3-7-15-12/h12,15H,2-11H2,1H3. The molecule has 0 aromatic carbocycles. The molecule has 0 saturated carbocycles. The summed E-state index contributed by atoms with van der Waals surface area (Å²) in [6, 6.07) is 0.504. The number of nitrogens with one attached hydrogen (secondary N) is 1. The van der Waals surface area contributed by atoms with Gasteiger partial charge in [-0.25, -0.2) is 4.79 Å². The first-order valence-corrected chi connectivity index (χ1v) is 7.55. The normalized spacial score (nSPS) is 23.6. The van der Waals surface area contributed by atoms with Crippen molar-refractivity contribution < 1.29 is 14.3 Å². The van der Waals surface area contributed by atoms with E-state index in [2.05, 4.69) is 10.1 Å². The van der Waals surface area contributed by atoms with Gasteiger partial charge in [0.1, 0.15) is 0 Å². The number of rotatable bonds is 3. The summed E-state index contributed by atoms with van der Waals surface area (Å²) in [6.07, 6.45) is 4.93. The topological polar surface area (TPSA) is 61.9 Å². The van der Waals surface area contributed by atoms with Crippen LogP contribution in [0.15, 0.2) is 0 Å². The lowest BCUT2D eigenvalue weighted by molar-refractivity contribution is -0.133. The van der Waals surface area contributed by atoms with Gasteiger partial charge in [-0.05, 0) is 25.8 Å². The van der Waals surface area contributed by atoms with Gasteiger partial charge >= 0.3 is 6.09 Å². The Morgan fingerprint density at radius 2 is 1.85 bits per heavy atom. The lowest BCUT2D eigenvalue weighted by Crippen LogP contribution is -2.50. The molecule has 0 aliphatic carbocycles. The van der Waals surface area contributed by atoms with Crippen LogP contribution in [0.1, 0.15) is 32.1 Å². The van der Waals surface area contributed by atoms with Crippen LogP contribution in [-0.4, -0.2) is 67.7 Å². The highest BCUT2D eigenvalue weighted by Gasteiger charge is 2.24. The predicted molar refractivity (Wildman–Crippen MR) is 75.4 cm³/mol. The van der Waals surface area contributed by atoms with Crippen LogP contribution in [0.25, 0.3) is 0 Å². The molecule has 20 heavy (non-hydrogen) atoms. The zero-order valence-corrected chi connectivity index (χ0v) is 12.3. The smallest absolute Gasteiger partial charge is 0.409 e. The molecule has 0 spiro atoms. The number of hydrogen-bond donors (Lipinski definition) is 1. The van der Waals surface area contributed by atoms with Crippen molar-refractivity contribution in [3.8, 4) is 0 Å². The average molecular weight is 283 g/mol. The number of methoxy groups -OCH3 is 1. The van der Waals surface area contributed by atoms with Gasteiger partial charge in [-0.2, -0.15) is 0 Å². The van der Waals surface area contributed by atoms with Gasteiger partial charge in [-0.1, -0.05) is 6.42 Å². The molecule has 0 radical (unpaired) electrons. The summed E-state index contributed by atoms with van der Waals surface area (Å²) in [6.45, 7) is 3.45. The molecule has 0 aromatic heterocycles. The molecular formula is C14H25N3O3. The van der Waals surface area contributed by atoms with E-state index < -0.39 is 0 Å². The van der Waals surface area contributed by atoms with Crippen molar-refractivity contribution in [2.75, 3.05) is 39.8 Å². The van der Waals surface area contributed by atoms with Crippen molar-refractivity contribution in [2.45, 2.75) is 38.1 Å². The summed E-state index contributed by atoms with van der Waals surface area (Å²) in [4.78, 5) is 27.0. The van der Waals surface area contributed by atoms with Gasteiger partial charge in [0.15, 0.2) is 0 Å². The van der Waals surface area contributed by atoms with Crippen LogP contribution in [0.5, 0.6) is 0 Å². The van der Waals surface area contributed by atoms with E-state index in [1.807, 2.05) is 4.90 Å². The Hall–Kier alpha value is -1.30. The maximum Gasteiger partial charge on any atom is 0.409 e. The lowest BCUT2D eigenvalue weighted by atomic mass is 10.0. The minimum Gasteiger partial charge on any atom is -0.453 e. The molecule has 2 amide bonds. The maximum absolute atomic E-state index is 12.2. The molecule has 6 nitrogen and oxygen atoms in total. The summed E-state index contributed by atoms with van der Waals surface area (Å²) in [5.74, 6) is 0.210. The maximum atomic E-state index is 12.2. The SMILES string of the molecule is COC(=O)N1CCN(C(=O)CCC2CCCCN2)CC1. The third kappa shape index (κ3) is 4.10. The molecule has 2 heterocycles. The number of piperazine rings is 1. The van der Waals surface area contributed by atoms with Gasteiger partial charge in [0.2, 0.25) is 5.91 Å². The minimum atomic E-state index is -0.302. The second-order valence-electron chi connectivity index (χ2n) is 5.52. The molecule has 0 aromatic rings. The Balaban J connectivity index is 1.67. The van der Waals surface area contributed by atoms with Gasteiger partial charge in [-0.15, -0.1) is 0 Å². The van der Waals surface area contributed by atoms with Crippen molar-refractivity contribution in [2.24, 2.45) is 0 Å². The van der Waals surface area contributed by atoms with E-state index in [4.69, 9.17) is 0 Å². The minimum absolute atomic E-state index is 0.210. The largest absolute Gasteiger partial charge is 0.453 e. The highest BCUT2D eigenvalue weighted by Crippen LogP contribution is 2.13. The Kier molecular flexibility index (Phi) is 5.64. The van der Waals surface area contributed by atoms with Gasteiger partial charge in [0, 0.05) is 38.6 Å². The Bertz CT molecular complexity index is 335. The first kappa shape index (κ1) is 15.1. The van der Waals surface area contributed by atoms with Crippen LogP contribution >= 0.6 is 0 Å². The van der Waals surface area contributed by atoms with Crippen LogP contribution < -0.4 is 5.32 Å². The number of carbonyl (C=O) groups is 2. The van der Waals surface area contributed by atoms with E-state index in [9.17, 15) is 9.59 Å². The summed E-state index contributed by atoms with van der Waals surface area (Å²) in [5.41, 5.74) is 0. The average Bonchev–Trinajstić information content (AvgIpc) is 2.53. The molecule has 114 valence electrons. The van der Waals surface area contributed by atoms with E-state index in [1.165, 1.54) is 26.4 Å². The highest BCUT2D eigenvalue weighted by molar-refractivity contribution is 5.76. The summed E-state index contributed by atoms with van der Waals surface area (Å²) < 4.78 is 4.69. The molecule has 2 aliphatic rings. The zero-order chi connectivity index (χ0) is 14.4. The van der Waals surface area contributed by atoms with Crippen LogP contribution in [0.2, 0.25) is 0 Å². The van der Waals surface area contributed by atoms with Crippen molar-refractivity contribution in [1.29, 1.82) is 0 Å². The predicted octanol–water partition coefficient (Wildman–Crippen LogP) is 0.819. The summed E-state index contributed by atoms with van der Waals surface area (Å²) >= 11 is 0. The zero-order valence-electron chi connectivity index (χ0n) is 12.3. The molecule has 2 aliphatic heterocycles. The Morgan fingerprint density at radius 1 is 1.15 bits per heavy atom. The molecule has 6 heteroatoms. The molecule has 2 saturated heterocycles. The number of carbonyl (C=O) groups excluding carboxylic acids is 2. The fourth-order valence-corrected chi connectivity index (χ4v) is 2.89. The summed E-state index contributed by atoms with van der Waals surface area (Å²) in [7, 11) is 1.39. The van der Waals surface area contributed by atoms with Gasteiger partial charge in [0.25, 0.3) is 0 Å². The molecule has 1 unspecified atom stereocenters. The highest BCUT2D eigenvalue weighted by atomic mass is 16.5. The van der Waals surface area contributed by atoms with Gasteiger partial charge < -0.3 is 19.9 Å². The molecular weight excluding hydrogens is 258 g/mol. The fraction of sp³-hybridized carbons (Fsp3) is 0.857. The van der Waals surface area contributed by atoms with Crippen molar-refractivity contribution in [1.82, 2.24) is 15.1 Å². The quantitative estimate of drug-likeness (QED) is 0.833. The van der Waals surface area contributed by atoms with Crippen molar-refractivity contribution >= 4 is 12.0 Å². The van der Waals surface area contributed by atoms with Gasteiger partial charge in [0.05, 0.1) is 7.11 Å². The number of piperidine rings is 1. The van der Waals surface area contributed by atoms with E-state index >= 15 is 0 Å². The van der Waals surface area contributed by atoms with Crippen molar-refractivity contribution in [3.63, 3.8) is 0 Å². The second kappa shape index (κ2) is 7.47. The third-order valence-corrected chi connectivity index (χ3v) is 4.18. The molecule has 0 bridgehead atoms. The van der Waals surface area contributed by atoms with E-state index in [0.717, 1.165) is 13.0 Å². The molecule has 1 N–H and O–H groups in total. The number of hydrogen-bond acceptors (Lipinski definition) is 4. The van der Waals surface area contributed by atoms with E-state index in [0.29, 0.717) is 38.6 Å².